The molecule has 1 amide bonds. The Morgan fingerprint density at radius 1 is 0.761 bits per heavy atom. The fourth-order valence-electron chi connectivity index (χ4n) is 4.88. The van der Waals surface area contributed by atoms with E-state index in [-0.39, 0.29) is 18.3 Å². The van der Waals surface area contributed by atoms with Gasteiger partial charge in [0.1, 0.15) is 23.8 Å². The molecule has 14 heteroatoms. The minimum atomic E-state index is -4.41. The molecule has 2 heterocycles. The standard InChI is InChI=1S/C32H31F6N5O3/c33-31(34,35)22-46-29-12-3-24(4-13-29)19-41-15-17-42(18-16-41)30(44)14-5-23-1-10-28(11-2-23)45-21-26-20-43(40-39-26)27-8-6-25(7-9-27)32(36,37)38/h1-4,6-13,20H,5,14-19,21-22H2. The van der Waals surface area contributed by atoms with E-state index < -0.39 is 24.5 Å². The molecule has 0 bridgehead atoms. The largest absolute Gasteiger partial charge is 0.487 e. The molecule has 1 aromatic heterocycles. The number of rotatable bonds is 11. The van der Waals surface area contributed by atoms with Gasteiger partial charge in [-0.1, -0.05) is 29.5 Å². The molecule has 1 fully saturated rings. The number of carbonyl (C=O) groups is 1. The monoisotopic (exact) mass is 647 g/mol. The van der Waals surface area contributed by atoms with Crippen LogP contribution >= 0.6 is 0 Å². The first kappa shape index (κ1) is 32.8. The van der Waals surface area contributed by atoms with Gasteiger partial charge in [-0.25, -0.2) is 4.68 Å². The average molecular weight is 648 g/mol. The first-order valence-electron chi connectivity index (χ1n) is 14.5. The maximum atomic E-state index is 12.8. The summed E-state index contributed by atoms with van der Waals surface area (Å²) in [6.45, 7) is 2.02. The van der Waals surface area contributed by atoms with Gasteiger partial charge in [-0.15, -0.1) is 5.10 Å². The van der Waals surface area contributed by atoms with E-state index in [2.05, 4.69) is 15.2 Å². The van der Waals surface area contributed by atoms with Crippen molar-refractivity contribution >= 4 is 5.91 Å². The summed E-state index contributed by atoms with van der Waals surface area (Å²) in [7, 11) is 0. The van der Waals surface area contributed by atoms with E-state index in [0.29, 0.717) is 62.7 Å². The van der Waals surface area contributed by atoms with Crippen LogP contribution in [0.4, 0.5) is 26.3 Å². The number of alkyl halides is 6. The van der Waals surface area contributed by atoms with Crippen molar-refractivity contribution in [3.05, 3.63) is 101 Å². The van der Waals surface area contributed by atoms with Crippen LogP contribution in [0.3, 0.4) is 0 Å². The Kier molecular flexibility index (Phi) is 10.1. The van der Waals surface area contributed by atoms with E-state index in [4.69, 9.17) is 9.47 Å². The molecule has 0 aliphatic carbocycles. The van der Waals surface area contributed by atoms with Gasteiger partial charge in [-0.3, -0.25) is 9.69 Å². The summed E-state index contributed by atoms with van der Waals surface area (Å²) in [4.78, 5) is 16.9. The molecule has 0 saturated carbocycles. The van der Waals surface area contributed by atoms with Gasteiger partial charge in [0.15, 0.2) is 6.61 Å². The molecule has 5 rings (SSSR count). The number of amides is 1. The highest BCUT2D eigenvalue weighted by atomic mass is 19.4. The van der Waals surface area contributed by atoms with Gasteiger partial charge >= 0.3 is 12.4 Å². The summed E-state index contributed by atoms with van der Waals surface area (Å²) in [6.07, 6.45) is -6.27. The predicted molar refractivity (Wildman–Crippen MR) is 155 cm³/mol. The van der Waals surface area contributed by atoms with E-state index >= 15 is 0 Å². The van der Waals surface area contributed by atoms with Gasteiger partial charge < -0.3 is 14.4 Å². The van der Waals surface area contributed by atoms with Gasteiger partial charge in [-0.05, 0) is 66.1 Å². The summed E-state index contributed by atoms with van der Waals surface area (Å²) in [6, 6.07) is 18.5. The van der Waals surface area contributed by atoms with Crippen LogP contribution in [0.2, 0.25) is 0 Å². The molecule has 0 atom stereocenters. The quantitative estimate of drug-likeness (QED) is 0.184. The third kappa shape index (κ3) is 9.46. The predicted octanol–water partition coefficient (Wildman–Crippen LogP) is 6.08. The molecule has 0 unspecified atom stereocenters. The van der Waals surface area contributed by atoms with Crippen LogP contribution in [0.25, 0.3) is 5.69 Å². The molecule has 1 aliphatic rings. The van der Waals surface area contributed by atoms with Crippen LogP contribution in [0.5, 0.6) is 11.5 Å². The lowest BCUT2D eigenvalue weighted by molar-refractivity contribution is -0.153. The Balaban J connectivity index is 1.01. The van der Waals surface area contributed by atoms with E-state index in [1.165, 1.54) is 28.9 Å². The molecule has 0 radical (unpaired) electrons. The minimum Gasteiger partial charge on any atom is -0.487 e. The summed E-state index contributed by atoms with van der Waals surface area (Å²) in [5, 5.41) is 7.97. The molecular formula is C32H31F6N5O3. The fourth-order valence-corrected chi connectivity index (χ4v) is 4.88. The number of aryl methyl sites for hydroxylation is 1. The number of hydrogen-bond donors (Lipinski definition) is 0. The molecule has 244 valence electrons. The van der Waals surface area contributed by atoms with Crippen molar-refractivity contribution in [2.75, 3.05) is 32.8 Å². The van der Waals surface area contributed by atoms with Gasteiger partial charge in [0.25, 0.3) is 0 Å². The number of carbonyl (C=O) groups excluding carboxylic acids is 1. The summed E-state index contributed by atoms with van der Waals surface area (Å²) < 4.78 is 87.2. The van der Waals surface area contributed by atoms with Gasteiger partial charge in [0.05, 0.1) is 17.4 Å². The number of nitrogens with zero attached hydrogens (tertiary/aromatic N) is 5. The van der Waals surface area contributed by atoms with E-state index in [1.54, 1.807) is 30.5 Å². The van der Waals surface area contributed by atoms with Crippen molar-refractivity contribution in [3.63, 3.8) is 0 Å². The maximum absolute atomic E-state index is 12.8. The molecule has 0 N–H and O–H groups in total. The Hall–Kier alpha value is -4.59. The van der Waals surface area contributed by atoms with Crippen LogP contribution in [0.15, 0.2) is 79.0 Å². The SMILES string of the molecule is O=C(CCc1ccc(OCc2cn(-c3ccc(C(F)(F)F)cc3)nn2)cc1)N1CCN(Cc2ccc(OCC(F)(F)F)cc2)CC1. The molecular weight excluding hydrogens is 616 g/mol. The van der Waals surface area contributed by atoms with Crippen LogP contribution in [-0.2, 0) is 30.5 Å². The number of piperazine rings is 1. The highest BCUT2D eigenvalue weighted by molar-refractivity contribution is 5.76. The number of hydrogen-bond acceptors (Lipinski definition) is 6. The second-order valence-corrected chi connectivity index (χ2v) is 10.8. The molecule has 8 nitrogen and oxygen atoms in total. The van der Waals surface area contributed by atoms with Crippen LogP contribution in [-0.4, -0.2) is 69.7 Å². The van der Waals surface area contributed by atoms with Crippen molar-refractivity contribution < 1.29 is 40.6 Å². The van der Waals surface area contributed by atoms with Gasteiger partial charge in [0.2, 0.25) is 5.91 Å². The lowest BCUT2D eigenvalue weighted by Crippen LogP contribution is -2.48. The molecule has 1 saturated heterocycles. The van der Waals surface area contributed by atoms with Crippen LogP contribution in [0, 0.1) is 0 Å². The Morgan fingerprint density at radius 2 is 1.37 bits per heavy atom. The number of aromatic nitrogens is 3. The molecule has 46 heavy (non-hydrogen) atoms. The van der Waals surface area contributed by atoms with E-state index in [9.17, 15) is 31.1 Å². The molecule has 0 spiro atoms. The zero-order valence-corrected chi connectivity index (χ0v) is 24.6. The first-order valence-corrected chi connectivity index (χ1v) is 14.5. The molecule has 4 aromatic rings. The van der Waals surface area contributed by atoms with Gasteiger partial charge in [0, 0.05) is 39.1 Å². The normalized spacial score (nSPS) is 14.3. The summed E-state index contributed by atoms with van der Waals surface area (Å²) in [5.74, 6) is 0.836. The lowest BCUT2D eigenvalue weighted by atomic mass is 10.1. The summed E-state index contributed by atoms with van der Waals surface area (Å²) >= 11 is 0. The fraction of sp³-hybridized carbons (Fsp3) is 0.344. The third-order valence-corrected chi connectivity index (χ3v) is 7.39. The van der Waals surface area contributed by atoms with Crippen molar-refractivity contribution in [1.82, 2.24) is 24.8 Å². The van der Waals surface area contributed by atoms with Crippen molar-refractivity contribution in [1.29, 1.82) is 0 Å². The highest BCUT2D eigenvalue weighted by Gasteiger charge is 2.30. The number of halogens is 6. The van der Waals surface area contributed by atoms with Crippen molar-refractivity contribution in [3.8, 4) is 17.2 Å². The van der Waals surface area contributed by atoms with E-state index in [1.807, 2.05) is 17.0 Å². The maximum Gasteiger partial charge on any atom is 0.422 e. The Morgan fingerprint density at radius 3 is 1.98 bits per heavy atom. The second kappa shape index (κ2) is 14.2. The molecule has 1 aliphatic heterocycles. The smallest absolute Gasteiger partial charge is 0.422 e. The topological polar surface area (TPSA) is 72.7 Å². The first-order chi connectivity index (χ1) is 21.9. The minimum absolute atomic E-state index is 0.0716. The highest BCUT2D eigenvalue weighted by Crippen LogP contribution is 2.29. The Bertz CT molecular complexity index is 1560. The lowest BCUT2D eigenvalue weighted by Gasteiger charge is -2.35. The zero-order valence-electron chi connectivity index (χ0n) is 24.6. The van der Waals surface area contributed by atoms with Crippen molar-refractivity contribution in [2.45, 2.75) is 38.3 Å². The van der Waals surface area contributed by atoms with Crippen LogP contribution < -0.4 is 9.47 Å². The van der Waals surface area contributed by atoms with E-state index in [0.717, 1.165) is 23.3 Å². The summed E-state index contributed by atoms with van der Waals surface area (Å²) in [5.41, 5.74) is 2.14. The number of benzene rings is 3. The Labute approximate surface area is 261 Å². The van der Waals surface area contributed by atoms with Crippen LogP contribution in [0.1, 0.15) is 28.8 Å². The van der Waals surface area contributed by atoms with Crippen molar-refractivity contribution in [2.24, 2.45) is 0 Å². The molecule has 3 aromatic carbocycles. The second-order valence-electron chi connectivity index (χ2n) is 10.8. The average Bonchev–Trinajstić information content (AvgIpc) is 3.52. The van der Waals surface area contributed by atoms with Gasteiger partial charge in [-0.2, -0.15) is 26.3 Å². The number of ether oxygens (including phenoxy) is 2. The third-order valence-electron chi connectivity index (χ3n) is 7.39. The zero-order chi connectivity index (χ0) is 32.7.